The highest BCUT2D eigenvalue weighted by atomic mass is 16.5. The van der Waals surface area contributed by atoms with Crippen LogP contribution >= 0.6 is 0 Å². The van der Waals surface area contributed by atoms with Gasteiger partial charge in [-0.1, -0.05) is 6.07 Å². The van der Waals surface area contributed by atoms with Crippen molar-refractivity contribution in [3.63, 3.8) is 0 Å². The molecule has 2 rings (SSSR count). The molecule has 0 saturated carbocycles. The summed E-state index contributed by atoms with van der Waals surface area (Å²) in [6.45, 7) is 2.86. The molecule has 0 saturated heterocycles. The van der Waals surface area contributed by atoms with E-state index in [0.717, 1.165) is 5.69 Å². The zero-order valence-electron chi connectivity index (χ0n) is 10.0. The Balaban J connectivity index is 1.86. The molecule has 2 N–H and O–H groups in total. The summed E-state index contributed by atoms with van der Waals surface area (Å²) >= 11 is 0. The Morgan fingerprint density at radius 1 is 1.44 bits per heavy atom. The van der Waals surface area contributed by atoms with Crippen LogP contribution in [0.25, 0.3) is 0 Å². The van der Waals surface area contributed by atoms with E-state index < -0.39 is 5.91 Å². The molecule has 2 aromatic heterocycles. The maximum absolute atomic E-state index is 10.9. The second kappa shape index (κ2) is 5.31. The lowest BCUT2D eigenvalue weighted by Gasteiger charge is -2.05. The number of ether oxygens (including phenoxy) is 1. The lowest BCUT2D eigenvalue weighted by molar-refractivity contribution is 0.0994. The summed E-state index contributed by atoms with van der Waals surface area (Å²) in [6, 6.07) is 7.16. The summed E-state index contributed by atoms with van der Waals surface area (Å²) in [5, 5.41) is 4.00. The van der Waals surface area contributed by atoms with Crippen molar-refractivity contribution in [1.29, 1.82) is 0 Å². The molecule has 0 aliphatic rings. The third kappa shape index (κ3) is 3.07. The fraction of sp³-hybridized carbons (Fsp3) is 0.250. The molecule has 6 heteroatoms. The Morgan fingerprint density at radius 2 is 2.28 bits per heavy atom. The van der Waals surface area contributed by atoms with Crippen LogP contribution in [0.1, 0.15) is 16.2 Å². The largest absolute Gasteiger partial charge is 0.476 e. The molecule has 0 aromatic carbocycles. The molecule has 6 nitrogen and oxygen atoms in total. The standard InChI is InChI=1S/C12H14N4O2/c1-9-3-2-4-11(14-9)18-8-7-16-6-5-10(15-16)12(13)17/h2-6H,7-8H2,1H3,(H2,13,17). The highest BCUT2D eigenvalue weighted by Crippen LogP contribution is 2.06. The normalized spacial score (nSPS) is 10.3. The number of hydrogen-bond acceptors (Lipinski definition) is 4. The zero-order chi connectivity index (χ0) is 13.0. The number of rotatable bonds is 5. The highest BCUT2D eigenvalue weighted by Gasteiger charge is 2.04. The van der Waals surface area contributed by atoms with Crippen LogP contribution in [0.2, 0.25) is 0 Å². The molecule has 0 radical (unpaired) electrons. The quantitative estimate of drug-likeness (QED) is 0.844. The molecule has 0 spiro atoms. The van der Waals surface area contributed by atoms with Gasteiger partial charge in [-0.15, -0.1) is 0 Å². The van der Waals surface area contributed by atoms with Gasteiger partial charge in [-0.25, -0.2) is 4.98 Å². The Morgan fingerprint density at radius 3 is 2.94 bits per heavy atom. The average molecular weight is 246 g/mol. The van der Waals surface area contributed by atoms with E-state index in [1.165, 1.54) is 0 Å². The Bertz CT molecular complexity index is 551. The van der Waals surface area contributed by atoms with E-state index in [4.69, 9.17) is 10.5 Å². The fourth-order valence-electron chi connectivity index (χ4n) is 1.46. The molecule has 0 aliphatic carbocycles. The van der Waals surface area contributed by atoms with Crippen molar-refractivity contribution in [2.75, 3.05) is 6.61 Å². The van der Waals surface area contributed by atoms with Crippen LogP contribution in [0.5, 0.6) is 5.88 Å². The third-order valence-corrected chi connectivity index (χ3v) is 2.33. The lowest BCUT2D eigenvalue weighted by atomic mass is 10.4. The minimum atomic E-state index is -0.532. The molecule has 2 heterocycles. The van der Waals surface area contributed by atoms with Crippen LogP contribution in [-0.4, -0.2) is 27.3 Å². The van der Waals surface area contributed by atoms with E-state index in [2.05, 4.69) is 10.1 Å². The number of amides is 1. The van der Waals surface area contributed by atoms with Crippen molar-refractivity contribution in [2.24, 2.45) is 5.73 Å². The van der Waals surface area contributed by atoms with Crippen molar-refractivity contribution in [1.82, 2.24) is 14.8 Å². The van der Waals surface area contributed by atoms with Gasteiger partial charge in [0, 0.05) is 18.0 Å². The van der Waals surface area contributed by atoms with Gasteiger partial charge in [0.15, 0.2) is 0 Å². The van der Waals surface area contributed by atoms with Gasteiger partial charge in [0.2, 0.25) is 5.88 Å². The summed E-state index contributed by atoms with van der Waals surface area (Å²) in [7, 11) is 0. The van der Waals surface area contributed by atoms with Crippen molar-refractivity contribution >= 4 is 5.91 Å². The Kier molecular flexibility index (Phi) is 3.57. The highest BCUT2D eigenvalue weighted by molar-refractivity contribution is 5.90. The van der Waals surface area contributed by atoms with Crippen LogP contribution in [0.15, 0.2) is 30.5 Å². The SMILES string of the molecule is Cc1cccc(OCCn2ccc(C(N)=O)n2)n1. The first kappa shape index (κ1) is 12.1. The number of nitrogens with zero attached hydrogens (tertiary/aromatic N) is 3. The van der Waals surface area contributed by atoms with E-state index in [1.807, 2.05) is 19.1 Å². The molecule has 0 bridgehead atoms. The first-order valence-electron chi connectivity index (χ1n) is 5.55. The van der Waals surface area contributed by atoms with E-state index in [1.54, 1.807) is 23.0 Å². The number of aromatic nitrogens is 3. The summed E-state index contributed by atoms with van der Waals surface area (Å²) in [6.07, 6.45) is 1.69. The van der Waals surface area contributed by atoms with Gasteiger partial charge in [-0.3, -0.25) is 9.48 Å². The zero-order valence-corrected chi connectivity index (χ0v) is 10.0. The maximum Gasteiger partial charge on any atom is 0.269 e. The number of hydrogen-bond donors (Lipinski definition) is 1. The first-order valence-corrected chi connectivity index (χ1v) is 5.55. The van der Waals surface area contributed by atoms with Crippen LogP contribution in [0.3, 0.4) is 0 Å². The van der Waals surface area contributed by atoms with E-state index in [0.29, 0.717) is 19.0 Å². The Labute approximate surface area is 104 Å². The summed E-state index contributed by atoms with van der Waals surface area (Å²) in [4.78, 5) is 15.1. The van der Waals surface area contributed by atoms with Crippen molar-refractivity contribution in [3.8, 4) is 5.88 Å². The molecule has 1 amide bonds. The number of aryl methyl sites for hydroxylation is 1. The number of pyridine rings is 1. The maximum atomic E-state index is 10.9. The van der Waals surface area contributed by atoms with Crippen LogP contribution in [0.4, 0.5) is 0 Å². The van der Waals surface area contributed by atoms with Gasteiger partial charge in [0.25, 0.3) is 5.91 Å². The summed E-state index contributed by atoms with van der Waals surface area (Å²) in [5.74, 6) is 0.0484. The monoisotopic (exact) mass is 246 g/mol. The number of carbonyl (C=O) groups excluding carboxylic acids is 1. The predicted molar refractivity (Wildman–Crippen MR) is 65.2 cm³/mol. The van der Waals surface area contributed by atoms with Gasteiger partial charge in [-0.2, -0.15) is 5.10 Å². The second-order valence-corrected chi connectivity index (χ2v) is 3.79. The van der Waals surface area contributed by atoms with Gasteiger partial charge >= 0.3 is 0 Å². The van der Waals surface area contributed by atoms with Crippen molar-refractivity contribution < 1.29 is 9.53 Å². The first-order chi connectivity index (χ1) is 8.65. The third-order valence-electron chi connectivity index (χ3n) is 2.33. The second-order valence-electron chi connectivity index (χ2n) is 3.79. The van der Waals surface area contributed by atoms with Gasteiger partial charge in [-0.05, 0) is 19.1 Å². The molecule has 18 heavy (non-hydrogen) atoms. The summed E-state index contributed by atoms with van der Waals surface area (Å²) in [5.41, 5.74) is 6.27. The molecular weight excluding hydrogens is 232 g/mol. The fourth-order valence-corrected chi connectivity index (χ4v) is 1.46. The Hall–Kier alpha value is -2.37. The van der Waals surface area contributed by atoms with E-state index in [-0.39, 0.29) is 5.69 Å². The minimum Gasteiger partial charge on any atom is -0.476 e. The minimum absolute atomic E-state index is 0.253. The predicted octanol–water partition coefficient (Wildman–Crippen LogP) is 0.764. The average Bonchev–Trinajstić information content (AvgIpc) is 2.78. The molecule has 2 aromatic rings. The van der Waals surface area contributed by atoms with E-state index >= 15 is 0 Å². The number of nitrogens with two attached hydrogens (primary N) is 1. The van der Waals surface area contributed by atoms with Gasteiger partial charge in [0.1, 0.15) is 12.3 Å². The van der Waals surface area contributed by atoms with Crippen LogP contribution < -0.4 is 10.5 Å². The molecule has 0 fully saturated rings. The van der Waals surface area contributed by atoms with Crippen molar-refractivity contribution in [3.05, 3.63) is 41.9 Å². The van der Waals surface area contributed by atoms with Gasteiger partial charge < -0.3 is 10.5 Å². The topological polar surface area (TPSA) is 83.0 Å². The van der Waals surface area contributed by atoms with Crippen LogP contribution in [-0.2, 0) is 6.54 Å². The molecule has 0 unspecified atom stereocenters. The van der Waals surface area contributed by atoms with E-state index in [9.17, 15) is 4.79 Å². The number of primary amides is 1. The van der Waals surface area contributed by atoms with Crippen LogP contribution in [0, 0.1) is 6.92 Å². The lowest BCUT2D eigenvalue weighted by Crippen LogP contribution is -2.14. The summed E-state index contributed by atoms with van der Waals surface area (Å²) < 4.78 is 7.08. The molecule has 0 aliphatic heterocycles. The smallest absolute Gasteiger partial charge is 0.269 e. The van der Waals surface area contributed by atoms with Gasteiger partial charge in [0.05, 0.1) is 6.54 Å². The van der Waals surface area contributed by atoms with Crippen molar-refractivity contribution in [2.45, 2.75) is 13.5 Å². The molecular formula is C12H14N4O2. The molecule has 0 atom stereocenters. The molecule has 94 valence electrons. The number of carbonyl (C=O) groups is 1.